The van der Waals surface area contributed by atoms with Gasteiger partial charge in [0, 0.05) is 6.42 Å². The first-order chi connectivity index (χ1) is 5.81. The molecular weight excluding hydrogens is 154 g/mol. The molecule has 0 aliphatic heterocycles. The fourth-order valence-electron chi connectivity index (χ4n) is 1.01. The SMILES string of the molecule is CCCCCCCC(=O)N[C]=O. The Morgan fingerprint density at radius 1 is 1.25 bits per heavy atom. The Labute approximate surface area is 73.5 Å². The zero-order valence-electron chi connectivity index (χ0n) is 7.56. The van der Waals surface area contributed by atoms with Gasteiger partial charge in [0.2, 0.25) is 5.91 Å². The van der Waals surface area contributed by atoms with Gasteiger partial charge in [-0.3, -0.25) is 14.9 Å². The molecule has 0 fully saturated rings. The van der Waals surface area contributed by atoms with Crippen molar-refractivity contribution < 1.29 is 9.59 Å². The number of rotatable bonds is 7. The summed E-state index contributed by atoms with van der Waals surface area (Å²) in [5, 5.41) is 1.99. The first-order valence-corrected chi connectivity index (χ1v) is 4.47. The molecule has 0 aromatic heterocycles. The van der Waals surface area contributed by atoms with Gasteiger partial charge in [-0.1, -0.05) is 32.6 Å². The molecule has 12 heavy (non-hydrogen) atoms. The van der Waals surface area contributed by atoms with Crippen molar-refractivity contribution in [1.82, 2.24) is 5.32 Å². The van der Waals surface area contributed by atoms with Gasteiger partial charge in [-0.05, 0) is 6.42 Å². The van der Waals surface area contributed by atoms with Crippen molar-refractivity contribution in [3.8, 4) is 0 Å². The minimum Gasteiger partial charge on any atom is -0.288 e. The van der Waals surface area contributed by atoms with Crippen LogP contribution in [0.1, 0.15) is 45.4 Å². The maximum atomic E-state index is 10.7. The summed E-state index contributed by atoms with van der Waals surface area (Å²) in [7, 11) is 0. The molecule has 0 aromatic carbocycles. The first kappa shape index (κ1) is 11.1. The van der Waals surface area contributed by atoms with Crippen LogP contribution in [0.15, 0.2) is 0 Å². The van der Waals surface area contributed by atoms with Crippen LogP contribution in [0.4, 0.5) is 0 Å². The predicted octanol–water partition coefficient (Wildman–Crippen LogP) is 1.53. The molecule has 0 aliphatic rings. The number of amides is 2. The number of carbonyl (C=O) groups is 1. The van der Waals surface area contributed by atoms with Crippen LogP contribution in [-0.2, 0) is 9.59 Å². The lowest BCUT2D eigenvalue weighted by Gasteiger charge is -1.97. The Morgan fingerprint density at radius 3 is 2.50 bits per heavy atom. The van der Waals surface area contributed by atoms with Gasteiger partial charge in [0.05, 0.1) is 0 Å². The van der Waals surface area contributed by atoms with E-state index in [1.54, 1.807) is 0 Å². The van der Waals surface area contributed by atoms with Crippen molar-refractivity contribution in [2.75, 3.05) is 0 Å². The number of nitrogens with one attached hydrogen (secondary N) is 1. The monoisotopic (exact) mass is 170 g/mol. The van der Waals surface area contributed by atoms with Crippen LogP contribution < -0.4 is 5.32 Å². The lowest BCUT2D eigenvalue weighted by molar-refractivity contribution is -0.119. The second-order valence-corrected chi connectivity index (χ2v) is 2.81. The van der Waals surface area contributed by atoms with Gasteiger partial charge < -0.3 is 0 Å². The third kappa shape index (κ3) is 7.25. The van der Waals surface area contributed by atoms with Crippen LogP contribution in [0.2, 0.25) is 0 Å². The van der Waals surface area contributed by atoms with E-state index in [1.807, 2.05) is 5.32 Å². The molecule has 0 saturated heterocycles. The van der Waals surface area contributed by atoms with E-state index < -0.39 is 0 Å². The average Bonchev–Trinajstić information content (AvgIpc) is 2.05. The van der Waals surface area contributed by atoms with Gasteiger partial charge in [-0.15, -0.1) is 0 Å². The molecule has 2 amide bonds. The summed E-state index contributed by atoms with van der Waals surface area (Å²) in [6.45, 7) is 2.15. The highest BCUT2D eigenvalue weighted by Gasteiger charge is 1.98. The molecule has 0 rings (SSSR count). The molecule has 0 unspecified atom stereocenters. The van der Waals surface area contributed by atoms with Crippen molar-refractivity contribution >= 4 is 12.3 Å². The highest BCUT2D eigenvalue weighted by molar-refractivity contribution is 5.85. The van der Waals surface area contributed by atoms with Crippen LogP contribution in [0, 0.1) is 0 Å². The maximum Gasteiger partial charge on any atom is 0.316 e. The summed E-state index contributed by atoms with van der Waals surface area (Å²) < 4.78 is 0. The Hall–Kier alpha value is -0.860. The molecule has 0 spiro atoms. The highest BCUT2D eigenvalue weighted by Crippen LogP contribution is 2.04. The van der Waals surface area contributed by atoms with Crippen molar-refractivity contribution in [2.24, 2.45) is 0 Å². The molecular formula is C9H16NO2. The van der Waals surface area contributed by atoms with Gasteiger partial charge in [0.15, 0.2) is 0 Å². The Balaban J connectivity index is 3.08. The van der Waals surface area contributed by atoms with Crippen LogP contribution in [0.5, 0.6) is 0 Å². The fourth-order valence-corrected chi connectivity index (χ4v) is 1.01. The van der Waals surface area contributed by atoms with Crippen LogP contribution >= 0.6 is 0 Å². The van der Waals surface area contributed by atoms with Crippen molar-refractivity contribution in [3.63, 3.8) is 0 Å². The van der Waals surface area contributed by atoms with Gasteiger partial charge in [-0.2, -0.15) is 0 Å². The second-order valence-electron chi connectivity index (χ2n) is 2.81. The molecule has 69 valence electrons. The Bertz CT molecular complexity index is 134. The standard InChI is InChI=1S/C9H16NO2/c1-2-3-4-5-6-7-9(12)10-8-11/h2-7H2,1H3,(H,10,11,12). The lowest BCUT2D eigenvalue weighted by atomic mass is 10.1. The largest absolute Gasteiger partial charge is 0.316 e. The average molecular weight is 170 g/mol. The zero-order chi connectivity index (χ0) is 9.23. The third-order valence-electron chi connectivity index (χ3n) is 1.70. The highest BCUT2D eigenvalue weighted by atomic mass is 16.2. The van der Waals surface area contributed by atoms with Crippen LogP contribution in [0.25, 0.3) is 0 Å². The summed E-state index contributed by atoms with van der Waals surface area (Å²) in [6, 6.07) is 0. The Morgan fingerprint density at radius 2 is 1.92 bits per heavy atom. The predicted molar refractivity (Wildman–Crippen MR) is 47.2 cm³/mol. The summed E-state index contributed by atoms with van der Waals surface area (Å²) in [5.74, 6) is -0.221. The van der Waals surface area contributed by atoms with Gasteiger partial charge in [0.1, 0.15) is 0 Å². The molecule has 0 aliphatic carbocycles. The van der Waals surface area contributed by atoms with E-state index in [0.717, 1.165) is 12.8 Å². The maximum absolute atomic E-state index is 10.7. The van der Waals surface area contributed by atoms with Crippen LogP contribution in [-0.4, -0.2) is 12.3 Å². The topological polar surface area (TPSA) is 46.2 Å². The molecule has 0 bridgehead atoms. The fraction of sp³-hybridized carbons (Fsp3) is 0.778. The van der Waals surface area contributed by atoms with Gasteiger partial charge in [0.25, 0.3) is 0 Å². The lowest BCUT2D eigenvalue weighted by Crippen LogP contribution is -2.20. The van der Waals surface area contributed by atoms with Gasteiger partial charge >= 0.3 is 6.41 Å². The molecule has 0 saturated carbocycles. The normalized spacial score (nSPS) is 9.42. The van der Waals surface area contributed by atoms with Crippen molar-refractivity contribution in [1.29, 1.82) is 0 Å². The molecule has 0 atom stereocenters. The number of carbonyl (C=O) groups excluding carboxylic acids is 2. The zero-order valence-corrected chi connectivity index (χ0v) is 7.56. The van der Waals surface area contributed by atoms with Crippen molar-refractivity contribution in [3.05, 3.63) is 0 Å². The Kier molecular flexibility index (Phi) is 7.65. The van der Waals surface area contributed by atoms with E-state index >= 15 is 0 Å². The summed E-state index contributed by atoms with van der Waals surface area (Å²) in [6.07, 6.45) is 7.35. The van der Waals surface area contributed by atoms with E-state index in [9.17, 15) is 9.59 Å². The molecule has 3 nitrogen and oxygen atoms in total. The smallest absolute Gasteiger partial charge is 0.288 e. The summed E-state index contributed by atoms with van der Waals surface area (Å²) in [4.78, 5) is 20.4. The van der Waals surface area contributed by atoms with E-state index in [4.69, 9.17) is 0 Å². The van der Waals surface area contributed by atoms with E-state index in [1.165, 1.54) is 25.7 Å². The molecule has 0 aromatic rings. The summed E-state index contributed by atoms with van der Waals surface area (Å²) >= 11 is 0. The third-order valence-corrected chi connectivity index (χ3v) is 1.70. The second kappa shape index (κ2) is 8.24. The molecule has 1 radical (unpaired) electrons. The van der Waals surface area contributed by atoms with Crippen molar-refractivity contribution in [2.45, 2.75) is 45.4 Å². The minimum atomic E-state index is -0.221. The van der Waals surface area contributed by atoms with E-state index in [-0.39, 0.29) is 5.91 Å². The molecule has 3 heteroatoms. The molecule has 0 heterocycles. The number of imide groups is 1. The number of unbranched alkanes of at least 4 members (excludes halogenated alkanes) is 4. The number of hydrogen-bond acceptors (Lipinski definition) is 2. The van der Waals surface area contributed by atoms with E-state index in [2.05, 4.69) is 6.92 Å². The van der Waals surface area contributed by atoms with Gasteiger partial charge in [-0.25, -0.2) is 0 Å². The van der Waals surface area contributed by atoms with E-state index in [0.29, 0.717) is 6.42 Å². The van der Waals surface area contributed by atoms with Crippen LogP contribution in [0.3, 0.4) is 0 Å². The number of hydrogen-bond donors (Lipinski definition) is 1. The first-order valence-electron chi connectivity index (χ1n) is 4.47. The summed E-state index contributed by atoms with van der Waals surface area (Å²) in [5.41, 5.74) is 0. The minimum absolute atomic E-state index is 0.221. The molecule has 1 N–H and O–H groups in total. The quantitative estimate of drug-likeness (QED) is 0.465.